The number of primary amides is 1. The lowest BCUT2D eigenvalue weighted by molar-refractivity contribution is -0.195. The lowest BCUT2D eigenvalue weighted by atomic mass is 9.45. The van der Waals surface area contributed by atoms with Crippen LogP contribution in [0.3, 0.4) is 0 Å². The molecule has 4 rings (SSSR count). The number of hydrogen-bond acceptors (Lipinski definition) is 5. The summed E-state index contributed by atoms with van der Waals surface area (Å²) in [7, 11) is 0. The molecule has 4 aliphatic rings. The Morgan fingerprint density at radius 1 is 1.33 bits per heavy atom. The highest BCUT2D eigenvalue weighted by molar-refractivity contribution is 6.01. The van der Waals surface area contributed by atoms with Gasteiger partial charge in [-0.3, -0.25) is 9.59 Å². The van der Waals surface area contributed by atoms with Crippen molar-refractivity contribution in [2.45, 2.75) is 58.2 Å². The molecule has 0 heterocycles. The number of allylic oxidation sites excluding steroid dienone is 4. The number of nitrogens with two attached hydrogens (primary N) is 1. The van der Waals surface area contributed by atoms with E-state index in [1.54, 1.807) is 13.0 Å². The number of hydrogen-bond donors (Lipinski definition) is 2. The van der Waals surface area contributed by atoms with Gasteiger partial charge in [0, 0.05) is 17.3 Å². The molecule has 4 aliphatic carbocycles. The number of aliphatic hydroxyl groups excluding tert-OH is 1. The van der Waals surface area contributed by atoms with E-state index in [0.717, 1.165) is 5.57 Å². The van der Waals surface area contributed by atoms with Crippen LogP contribution in [0.4, 0.5) is 9.18 Å². The Hall–Kier alpha value is -2.02. The number of halogens is 1. The second-order valence-corrected chi connectivity index (χ2v) is 10.1. The minimum atomic E-state index is -1.90. The van der Waals surface area contributed by atoms with Gasteiger partial charge in [0.05, 0.1) is 6.10 Å². The molecule has 0 unspecified atom stereocenters. The van der Waals surface area contributed by atoms with Gasteiger partial charge in [-0.05, 0) is 62.0 Å². The molecule has 30 heavy (non-hydrogen) atoms. The Balaban J connectivity index is 1.71. The third-order valence-corrected chi connectivity index (χ3v) is 8.68. The highest BCUT2D eigenvalue weighted by Crippen LogP contribution is 2.69. The molecule has 7 heteroatoms. The van der Waals surface area contributed by atoms with Crippen molar-refractivity contribution in [3.8, 4) is 0 Å². The van der Waals surface area contributed by atoms with Crippen LogP contribution < -0.4 is 5.73 Å². The molecule has 0 bridgehead atoms. The van der Waals surface area contributed by atoms with Crippen LogP contribution in [0, 0.1) is 34.5 Å². The van der Waals surface area contributed by atoms with Crippen LogP contribution >= 0.6 is 0 Å². The molecule has 1 amide bonds. The van der Waals surface area contributed by atoms with E-state index >= 15 is 4.39 Å². The van der Waals surface area contributed by atoms with Gasteiger partial charge < -0.3 is 15.6 Å². The van der Waals surface area contributed by atoms with Crippen molar-refractivity contribution in [2.24, 2.45) is 40.2 Å². The number of fused-ring (bicyclic) bond motifs is 5. The molecule has 0 aromatic carbocycles. The second kappa shape index (κ2) is 6.74. The molecule has 0 aromatic rings. The number of rotatable bonds is 3. The van der Waals surface area contributed by atoms with E-state index in [4.69, 9.17) is 10.5 Å². The van der Waals surface area contributed by atoms with Crippen molar-refractivity contribution >= 4 is 17.7 Å². The van der Waals surface area contributed by atoms with Gasteiger partial charge in [-0.1, -0.05) is 25.5 Å². The number of Topliss-reactive ketones (excluding diaryl/α,β-unsaturated/α-hetero) is 1. The molecule has 0 spiro atoms. The van der Waals surface area contributed by atoms with Gasteiger partial charge in [0.1, 0.15) is 0 Å². The van der Waals surface area contributed by atoms with E-state index in [1.165, 1.54) is 12.2 Å². The van der Waals surface area contributed by atoms with Gasteiger partial charge >= 0.3 is 6.09 Å². The normalized spacial score (nSPS) is 47.0. The molecule has 6 nitrogen and oxygen atoms in total. The van der Waals surface area contributed by atoms with Crippen LogP contribution in [0.15, 0.2) is 23.8 Å². The summed E-state index contributed by atoms with van der Waals surface area (Å²) in [5, 5.41) is 11.2. The van der Waals surface area contributed by atoms with Crippen LogP contribution in [0.25, 0.3) is 0 Å². The number of aliphatic hydroxyl groups is 1. The second-order valence-electron chi connectivity index (χ2n) is 10.1. The van der Waals surface area contributed by atoms with Crippen molar-refractivity contribution < 1.29 is 28.6 Å². The molecular weight excluding hydrogens is 389 g/mol. The summed E-state index contributed by atoms with van der Waals surface area (Å²) in [6.45, 7) is 5.31. The highest BCUT2D eigenvalue weighted by atomic mass is 19.1. The first-order valence-corrected chi connectivity index (χ1v) is 10.7. The maximum Gasteiger partial charge on any atom is 0.404 e. The number of carbonyl (C=O) groups excluding carboxylic acids is 3. The van der Waals surface area contributed by atoms with Crippen molar-refractivity contribution in [2.75, 3.05) is 6.61 Å². The number of ether oxygens (including phenoxy) is 1. The summed E-state index contributed by atoms with van der Waals surface area (Å²) in [5.74, 6) is -1.35. The maximum absolute atomic E-state index is 17.0. The average Bonchev–Trinajstić information content (AvgIpc) is 2.91. The predicted molar refractivity (Wildman–Crippen MR) is 107 cm³/mol. The number of amides is 1. The first-order valence-electron chi connectivity index (χ1n) is 10.7. The van der Waals surface area contributed by atoms with E-state index in [2.05, 4.69) is 0 Å². The molecule has 8 atom stereocenters. The fourth-order valence-electron chi connectivity index (χ4n) is 7.50. The number of alkyl halides is 1. The van der Waals surface area contributed by atoms with Crippen LogP contribution in [0.5, 0.6) is 0 Å². The SMILES string of the molecule is C[C@@H]1C[C@H]2[C@@H]3CCC4=CC(=O)C=C[C@]4(C)[C@@]3(F)[C@@H](O)C[C@]2(C)[C@H]1C(=O)COC(N)=O. The number of ketones is 2. The zero-order valence-electron chi connectivity index (χ0n) is 17.7. The van der Waals surface area contributed by atoms with E-state index in [1.807, 2.05) is 13.8 Å². The predicted octanol–water partition coefficient (Wildman–Crippen LogP) is 2.88. The first kappa shape index (κ1) is 21.2. The van der Waals surface area contributed by atoms with Gasteiger partial charge in [0.25, 0.3) is 0 Å². The van der Waals surface area contributed by atoms with E-state index in [-0.39, 0.29) is 29.8 Å². The zero-order chi connectivity index (χ0) is 22.1. The molecule has 3 saturated carbocycles. The van der Waals surface area contributed by atoms with E-state index in [9.17, 15) is 19.5 Å². The largest absolute Gasteiger partial charge is 0.442 e. The van der Waals surface area contributed by atoms with Gasteiger partial charge in [-0.25, -0.2) is 9.18 Å². The van der Waals surface area contributed by atoms with Gasteiger partial charge in [0.15, 0.2) is 23.8 Å². The Bertz CT molecular complexity index is 868. The van der Waals surface area contributed by atoms with Crippen molar-refractivity contribution in [3.05, 3.63) is 23.8 Å². The minimum Gasteiger partial charge on any atom is -0.442 e. The first-order chi connectivity index (χ1) is 13.9. The molecule has 0 aromatic heterocycles. The Morgan fingerprint density at radius 2 is 2.03 bits per heavy atom. The molecule has 0 aliphatic heterocycles. The zero-order valence-corrected chi connectivity index (χ0v) is 17.7. The maximum atomic E-state index is 17.0. The molecule has 0 saturated heterocycles. The van der Waals surface area contributed by atoms with Crippen molar-refractivity contribution in [1.82, 2.24) is 0 Å². The molecule has 0 radical (unpaired) electrons. The molecule has 3 fully saturated rings. The molecular formula is C23H30FNO5. The van der Waals surface area contributed by atoms with E-state index in [0.29, 0.717) is 19.3 Å². The summed E-state index contributed by atoms with van der Waals surface area (Å²) in [5.41, 5.74) is 2.22. The van der Waals surface area contributed by atoms with Crippen LogP contribution in [0.1, 0.15) is 46.5 Å². The van der Waals surface area contributed by atoms with Crippen molar-refractivity contribution in [1.29, 1.82) is 0 Å². The lowest BCUT2D eigenvalue weighted by Crippen LogP contribution is -2.66. The monoisotopic (exact) mass is 419 g/mol. The summed E-state index contributed by atoms with van der Waals surface area (Å²) in [4.78, 5) is 35.8. The topological polar surface area (TPSA) is 107 Å². The summed E-state index contributed by atoms with van der Waals surface area (Å²) in [6, 6.07) is 0. The Labute approximate surface area is 175 Å². The van der Waals surface area contributed by atoms with Crippen molar-refractivity contribution in [3.63, 3.8) is 0 Å². The van der Waals surface area contributed by atoms with Gasteiger partial charge in [0.2, 0.25) is 0 Å². The minimum absolute atomic E-state index is 0.0215. The summed E-state index contributed by atoms with van der Waals surface area (Å²) in [6.07, 6.45) is 4.22. The third kappa shape index (κ3) is 2.67. The fraction of sp³-hybridized carbons (Fsp3) is 0.696. The average molecular weight is 419 g/mol. The van der Waals surface area contributed by atoms with Gasteiger partial charge in [-0.2, -0.15) is 0 Å². The van der Waals surface area contributed by atoms with Gasteiger partial charge in [-0.15, -0.1) is 0 Å². The van der Waals surface area contributed by atoms with Crippen LogP contribution in [-0.4, -0.2) is 41.1 Å². The third-order valence-electron chi connectivity index (χ3n) is 8.68. The smallest absolute Gasteiger partial charge is 0.404 e. The number of carbonyl (C=O) groups is 3. The van der Waals surface area contributed by atoms with Crippen LogP contribution in [-0.2, 0) is 14.3 Å². The highest BCUT2D eigenvalue weighted by Gasteiger charge is 2.71. The molecule has 164 valence electrons. The Kier molecular flexibility index (Phi) is 4.77. The fourth-order valence-corrected chi connectivity index (χ4v) is 7.50. The Morgan fingerprint density at radius 3 is 2.70 bits per heavy atom. The molecule has 3 N–H and O–H groups in total. The summed E-state index contributed by atoms with van der Waals surface area (Å²) < 4.78 is 21.7. The summed E-state index contributed by atoms with van der Waals surface area (Å²) >= 11 is 0. The van der Waals surface area contributed by atoms with E-state index < -0.39 is 47.1 Å². The quantitative estimate of drug-likeness (QED) is 0.732. The van der Waals surface area contributed by atoms with Crippen LogP contribution in [0.2, 0.25) is 0 Å². The lowest BCUT2D eigenvalue weighted by Gasteiger charge is -2.61. The standard InChI is InChI=1S/C23H30FNO5/c1-12-8-16-15-5-4-13-9-14(26)6-7-22(13,3)23(15,24)18(28)10-21(16,2)19(12)17(27)11-30-20(25)29/h6-7,9,12,15-16,18-19,28H,4-5,8,10-11H2,1-3H3,(H2,25,29)/t12-,15+,16+,18+,19-,21+,22+,23+/m1/s1.